The average molecular weight is 266 g/mol. The number of rotatable bonds is 8. The molecule has 1 atom stereocenters. The summed E-state index contributed by atoms with van der Waals surface area (Å²) in [5.41, 5.74) is 0.927. The fourth-order valence-corrected chi connectivity index (χ4v) is 2.01. The van der Waals surface area contributed by atoms with Crippen LogP contribution in [0.15, 0.2) is 24.3 Å². The Labute approximate surface area is 117 Å². The lowest BCUT2D eigenvalue weighted by molar-refractivity contribution is 0.454. The monoisotopic (exact) mass is 266 g/mol. The first-order valence-electron chi connectivity index (χ1n) is 7.19. The van der Waals surface area contributed by atoms with Gasteiger partial charge in [-0.15, -0.1) is 0 Å². The van der Waals surface area contributed by atoms with Gasteiger partial charge >= 0.3 is 0 Å². The molecular formula is C16H27FN2. The predicted octanol–water partition coefficient (Wildman–Crippen LogP) is 3.68. The molecule has 1 rings (SSSR count). The number of halogens is 1. The highest BCUT2D eigenvalue weighted by atomic mass is 19.1. The van der Waals surface area contributed by atoms with Crippen LogP contribution in [0.2, 0.25) is 0 Å². The van der Waals surface area contributed by atoms with E-state index < -0.39 is 0 Å². The van der Waals surface area contributed by atoms with Crippen molar-refractivity contribution in [1.82, 2.24) is 5.32 Å². The number of hydrogen-bond acceptors (Lipinski definition) is 2. The average Bonchev–Trinajstić information content (AvgIpc) is 2.36. The first-order chi connectivity index (χ1) is 8.99. The molecule has 3 heteroatoms. The largest absolute Gasteiger partial charge is 0.373 e. The molecule has 0 saturated carbocycles. The summed E-state index contributed by atoms with van der Waals surface area (Å²) in [5, 5.41) is 3.52. The van der Waals surface area contributed by atoms with Gasteiger partial charge < -0.3 is 10.2 Å². The van der Waals surface area contributed by atoms with Gasteiger partial charge in [-0.3, -0.25) is 0 Å². The third-order valence-electron chi connectivity index (χ3n) is 3.37. The van der Waals surface area contributed by atoms with Crippen molar-refractivity contribution in [3.8, 4) is 0 Å². The summed E-state index contributed by atoms with van der Waals surface area (Å²) < 4.78 is 13.1. The topological polar surface area (TPSA) is 15.3 Å². The molecule has 0 aliphatic rings. The number of hydrogen-bond donors (Lipinski definition) is 1. The highest BCUT2D eigenvalue weighted by Crippen LogP contribution is 2.13. The van der Waals surface area contributed by atoms with Crippen molar-refractivity contribution in [2.24, 2.45) is 5.92 Å². The summed E-state index contributed by atoms with van der Waals surface area (Å²) in [4.78, 5) is 2.07. The second-order valence-electron chi connectivity index (χ2n) is 5.73. The molecule has 0 amide bonds. The number of likely N-dealkylation sites (N-methyl/N-ethyl adjacent to an activating group) is 1. The molecule has 0 aliphatic carbocycles. The maximum atomic E-state index is 13.1. The zero-order valence-corrected chi connectivity index (χ0v) is 12.6. The van der Waals surface area contributed by atoms with E-state index in [1.807, 2.05) is 13.1 Å². The number of nitrogens with zero attached hydrogens (tertiary/aromatic N) is 1. The molecule has 1 aromatic rings. The minimum Gasteiger partial charge on any atom is -0.373 e. The molecule has 0 radical (unpaired) electrons. The van der Waals surface area contributed by atoms with Crippen LogP contribution < -0.4 is 10.2 Å². The lowest BCUT2D eigenvalue weighted by Crippen LogP contribution is -2.34. The van der Waals surface area contributed by atoms with E-state index in [1.54, 1.807) is 12.1 Å². The number of benzene rings is 1. The van der Waals surface area contributed by atoms with E-state index in [-0.39, 0.29) is 5.82 Å². The summed E-state index contributed by atoms with van der Waals surface area (Å²) >= 11 is 0. The Bertz CT molecular complexity index is 366. The Morgan fingerprint density at radius 3 is 2.58 bits per heavy atom. The molecular weight excluding hydrogens is 239 g/mol. The first kappa shape index (κ1) is 16.0. The molecule has 0 bridgehead atoms. The summed E-state index contributed by atoms with van der Waals surface area (Å²) in [6, 6.07) is 7.28. The molecule has 0 aromatic heterocycles. The minimum absolute atomic E-state index is 0.178. The maximum absolute atomic E-state index is 13.1. The summed E-state index contributed by atoms with van der Waals surface area (Å²) in [6.07, 6.45) is 2.47. The van der Waals surface area contributed by atoms with Gasteiger partial charge in [0, 0.05) is 31.9 Å². The lowest BCUT2D eigenvalue weighted by atomic mass is 10.0. The van der Waals surface area contributed by atoms with Crippen LogP contribution >= 0.6 is 0 Å². The summed E-state index contributed by atoms with van der Waals surface area (Å²) in [5.74, 6) is 0.585. The Balaban J connectivity index is 2.25. The Hall–Kier alpha value is -1.09. The molecule has 0 saturated heterocycles. The van der Waals surface area contributed by atoms with Gasteiger partial charge in [0.05, 0.1) is 0 Å². The molecule has 0 spiro atoms. The standard InChI is InChI=1S/C16H27FN2/c1-13(2)8-9-14(3)18-10-11-19(4)16-7-5-6-15(17)12-16/h5-7,12-14,18H,8-11H2,1-4H3. The van der Waals surface area contributed by atoms with Crippen LogP contribution in [0.4, 0.5) is 10.1 Å². The summed E-state index contributed by atoms with van der Waals surface area (Å²) in [7, 11) is 2.00. The van der Waals surface area contributed by atoms with E-state index in [1.165, 1.54) is 18.9 Å². The highest BCUT2D eigenvalue weighted by Gasteiger charge is 2.05. The lowest BCUT2D eigenvalue weighted by Gasteiger charge is -2.21. The van der Waals surface area contributed by atoms with Gasteiger partial charge in [0.1, 0.15) is 5.82 Å². The first-order valence-corrected chi connectivity index (χ1v) is 7.19. The molecule has 0 aliphatic heterocycles. The molecule has 1 aromatic carbocycles. The van der Waals surface area contributed by atoms with E-state index in [2.05, 4.69) is 31.0 Å². The van der Waals surface area contributed by atoms with Crippen LogP contribution in [0.1, 0.15) is 33.6 Å². The van der Waals surface area contributed by atoms with E-state index in [0.717, 1.165) is 24.7 Å². The van der Waals surface area contributed by atoms with Gasteiger partial charge in [-0.1, -0.05) is 19.9 Å². The van der Waals surface area contributed by atoms with Crippen LogP contribution in [0.5, 0.6) is 0 Å². The molecule has 19 heavy (non-hydrogen) atoms. The Morgan fingerprint density at radius 2 is 1.95 bits per heavy atom. The normalized spacial score (nSPS) is 12.7. The maximum Gasteiger partial charge on any atom is 0.125 e. The van der Waals surface area contributed by atoms with Crippen molar-refractivity contribution < 1.29 is 4.39 Å². The van der Waals surface area contributed by atoms with Crippen molar-refractivity contribution >= 4 is 5.69 Å². The smallest absolute Gasteiger partial charge is 0.125 e. The van der Waals surface area contributed by atoms with Gasteiger partial charge in [-0.2, -0.15) is 0 Å². The van der Waals surface area contributed by atoms with E-state index in [9.17, 15) is 4.39 Å². The van der Waals surface area contributed by atoms with Gasteiger partial charge in [0.25, 0.3) is 0 Å². The fourth-order valence-electron chi connectivity index (χ4n) is 2.01. The molecule has 0 fully saturated rings. The fraction of sp³-hybridized carbons (Fsp3) is 0.625. The van der Waals surface area contributed by atoms with Crippen molar-refractivity contribution in [1.29, 1.82) is 0 Å². The molecule has 108 valence electrons. The third-order valence-corrected chi connectivity index (χ3v) is 3.37. The van der Waals surface area contributed by atoms with E-state index >= 15 is 0 Å². The molecule has 1 N–H and O–H groups in total. The van der Waals surface area contributed by atoms with Crippen LogP contribution in [0.3, 0.4) is 0 Å². The third kappa shape index (κ3) is 6.58. The van der Waals surface area contributed by atoms with Crippen molar-refractivity contribution in [3.63, 3.8) is 0 Å². The van der Waals surface area contributed by atoms with Crippen LogP contribution in [0, 0.1) is 11.7 Å². The molecule has 1 unspecified atom stereocenters. The molecule has 0 heterocycles. The second kappa shape index (κ2) is 8.16. The van der Waals surface area contributed by atoms with Crippen molar-refractivity contribution in [2.45, 2.75) is 39.7 Å². The van der Waals surface area contributed by atoms with E-state index in [4.69, 9.17) is 0 Å². The van der Waals surface area contributed by atoms with Gasteiger partial charge in [0.2, 0.25) is 0 Å². The minimum atomic E-state index is -0.178. The zero-order valence-electron chi connectivity index (χ0n) is 12.6. The van der Waals surface area contributed by atoms with Crippen LogP contribution in [-0.2, 0) is 0 Å². The van der Waals surface area contributed by atoms with Gasteiger partial charge in [-0.05, 0) is 43.9 Å². The highest BCUT2D eigenvalue weighted by molar-refractivity contribution is 5.45. The van der Waals surface area contributed by atoms with Gasteiger partial charge in [-0.25, -0.2) is 4.39 Å². The molecule has 2 nitrogen and oxygen atoms in total. The number of anilines is 1. The van der Waals surface area contributed by atoms with Crippen molar-refractivity contribution in [2.75, 3.05) is 25.0 Å². The predicted molar refractivity (Wildman–Crippen MR) is 81.2 cm³/mol. The Kier molecular flexibility index (Phi) is 6.85. The van der Waals surface area contributed by atoms with Crippen molar-refractivity contribution in [3.05, 3.63) is 30.1 Å². The zero-order chi connectivity index (χ0) is 14.3. The van der Waals surface area contributed by atoms with E-state index in [0.29, 0.717) is 6.04 Å². The summed E-state index contributed by atoms with van der Waals surface area (Å²) in [6.45, 7) is 8.54. The van der Waals surface area contributed by atoms with Crippen LogP contribution in [0.25, 0.3) is 0 Å². The SMILES string of the molecule is CC(C)CCC(C)NCCN(C)c1cccc(F)c1. The Morgan fingerprint density at radius 1 is 1.21 bits per heavy atom. The van der Waals surface area contributed by atoms with Gasteiger partial charge in [0.15, 0.2) is 0 Å². The quantitative estimate of drug-likeness (QED) is 0.772. The number of nitrogens with one attached hydrogen (secondary N) is 1. The second-order valence-corrected chi connectivity index (χ2v) is 5.73. The van der Waals surface area contributed by atoms with Crippen LogP contribution in [-0.4, -0.2) is 26.2 Å².